The van der Waals surface area contributed by atoms with E-state index in [-0.39, 0.29) is 11.5 Å². The maximum atomic E-state index is 11.2. The summed E-state index contributed by atoms with van der Waals surface area (Å²) in [4.78, 5) is 23.7. The molecular weight excluding hydrogens is 284 g/mol. The van der Waals surface area contributed by atoms with Gasteiger partial charge < -0.3 is 16.0 Å². The first-order chi connectivity index (χ1) is 10.6. The van der Waals surface area contributed by atoms with E-state index >= 15 is 0 Å². The summed E-state index contributed by atoms with van der Waals surface area (Å²) in [5.41, 5.74) is 11.3. The summed E-state index contributed by atoms with van der Waals surface area (Å²) in [6.07, 6.45) is 7.67. The second-order valence-corrected chi connectivity index (χ2v) is 5.52. The van der Waals surface area contributed by atoms with Crippen molar-refractivity contribution in [1.29, 1.82) is 0 Å². The summed E-state index contributed by atoms with van der Waals surface area (Å²) < 4.78 is 5.35. The molecule has 116 valence electrons. The van der Waals surface area contributed by atoms with Crippen LogP contribution in [0.3, 0.4) is 0 Å². The lowest BCUT2D eigenvalue weighted by molar-refractivity contribution is 0.0996. The maximum Gasteiger partial charge on any atom is 0.271 e. The largest absolute Gasteiger partial charge is 0.382 e. The zero-order valence-corrected chi connectivity index (χ0v) is 12.2. The minimum atomic E-state index is -0.706. The molecule has 0 unspecified atom stereocenters. The molecule has 3 rings (SSSR count). The molecular formula is C14H18N6O2. The first kappa shape index (κ1) is 14.4. The van der Waals surface area contributed by atoms with Crippen molar-refractivity contribution in [2.45, 2.75) is 44.4 Å². The fraction of sp³-hybridized carbons (Fsp3) is 0.500. The van der Waals surface area contributed by atoms with Crippen LogP contribution in [0.5, 0.6) is 0 Å². The number of hydrogen-bond acceptors (Lipinski definition) is 7. The second kappa shape index (κ2) is 6.08. The average Bonchev–Trinajstić information content (AvgIpc) is 2.98. The summed E-state index contributed by atoms with van der Waals surface area (Å²) in [5.74, 6) is 0.882. The van der Waals surface area contributed by atoms with Crippen LogP contribution >= 0.6 is 0 Å². The average molecular weight is 302 g/mol. The summed E-state index contributed by atoms with van der Waals surface area (Å²) >= 11 is 0. The van der Waals surface area contributed by atoms with Crippen molar-refractivity contribution in [3.63, 3.8) is 0 Å². The van der Waals surface area contributed by atoms with Gasteiger partial charge in [0.1, 0.15) is 0 Å². The highest BCUT2D eigenvalue weighted by Gasteiger charge is 2.22. The van der Waals surface area contributed by atoms with Crippen LogP contribution in [-0.4, -0.2) is 26.0 Å². The molecule has 1 saturated carbocycles. The van der Waals surface area contributed by atoms with E-state index in [0.717, 1.165) is 12.8 Å². The summed E-state index contributed by atoms with van der Waals surface area (Å²) in [7, 11) is 0. The molecule has 2 aromatic heterocycles. The molecule has 1 fully saturated rings. The van der Waals surface area contributed by atoms with Gasteiger partial charge in [-0.3, -0.25) is 4.79 Å². The van der Waals surface area contributed by atoms with E-state index < -0.39 is 5.91 Å². The molecule has 2 heterocycles. The number of nitrogen functional groups attached to an aromatic ring is 1. The van der Waals surface area contributed by atoms with Gasteiger partial charge in [-0.2, -0.15) is 4.98 Å². The molecule has 0 bridgehead atoms. The highest BCUT2D eigenvalue weighted by molar-refractivity contribution is 5.94. The van der Waals surface area contributed by atoms with Gasteiger partial charge in [-0.25, -0.2) is 9.97 Å². The Bertz CT molecular complexity index is 678. The van der Waals surface area contributed by atoms with Gasteiger partial charge in [0.05, 0.1) is 18.3 Å². The third-order valence-corrected chi connectivity index (χ3v) is 3.86. The molecule has 0 aliphatic heterocycles. The van der Waals surface area contributed by atoms with Gasteiger partial charge in [-0.05, 0) is 12.8 Å². The quantitative estimate of drug-likeness (QED) is 0.865. The van der Waals surface area contributed by atoms with Crippen LogP contribution in [0, 0.1) is 0 Å². The Kier molecular flexibility index (Phi) is 3.99. The topological polar surface area (TPSA) is 134 Å². The van der Waals surface area contributed by atoms with Gasteiger partial charge >= 0.3 is 0 Å². The number of aromatic nitrogens is 4. The van der Waals surface area contributed by atoms with Crippen LogP contribution in [0.4, 0.5) is 5.82 Å². The third kappa shape index (κ3) is 3.05. The minimum Gasteiger partial charge on any atom is -0.382 e. The number of nitrogens with two attached hydrogens (primary N) is 2. The van der Waals surface area contributed by atoms with E-state index in [4.69, 9.17) is 16.0 Å². The molecule has 4 N–H and O–H groups in total. The number of carbonyl (C=O) groups is 1. The van der Waals surface area contributed by atoms with Crippen molar-refractivity contribution in [3.8, 4) is 0 Å². The molecule has 0 aromatic carbocycles. The molecule has 1 amide bonds. The van der Waals surface area contributed by atoms with Gasteiger partial charge in [0, 0.05) is 5.92 Å². The molecule has 0 atom stereocenters. The Morgan fingerprint density at radius 3 is 2.77 bits per heavy atom. The Morgan fingerprint density at radius 1 is 1.27 bits per heavy atom. The summed E-state index contributed by atoms with van der Waals surface area (Å²) in [6.45, 7) is 0. The van der Waals surface area contributed by atoms with Crippen molar-refractivity contribution in [3.05, 3.63) is 29.3 Å². The molecule has 0 spiro atoms. The number of hydrogen-bond donors (Lipinski definition) is 2. The standard InChI is InChI=1S/C14H18N6O2/c15-12-11(13(16)21)18-9(7-17-12)6-10-19-14(22-20-10)8-4-2-1-3-5-8/h7-8H,1-6H2,(H2,15,17)(H2,16,21). The lowest BCUT2D eigenvalue weighted by Crippen LogP contribution is -2.17. The molecule has 1 aliphatic carbocycles. The molecule has 1 aliphatic rings. The number of primary amides is 1. The Hall–Kier alpha value is -2.51. The fourth-order valence-electron chi connectivity index (χ4n) is 2.72. The number of nitrogens with zero attached hydrogens (tertiary/aromatic N) is 4. The second-order valence-electron chi connectivity index (χ2n) is 5.52. The lowest BCUT2D eigenvalue weighted by atomic mass is 9.89. The van der Waals surface area contributed by atoms with E-state index in [9.17, 15) is 4.79 Å². The molecule has 22 heavy (non-hydrogen) atoms. The van der Waals surface area contributed by atoms with E-state index in [1.54, 1.807) is 0 Å². The van der Waals surface area contributed by atoms with Crippen molar-refractivity contribution in [2.75, 3.05) is 5.73 Å². The molecule has 8 heteroatoms. The van der Waals surface area contributed by atoms with Crippen LogP contribution in [0.15, 0.2) is 10.7 Å². The van der Waals surface area contributed by atoms with Gasteiger partial charge in [0.25, 0.3) is 5.91 Å². The van der Waals surface area contributed by atoms with Crippen LogP contribution in [0.1, 0.15) is 65.9 Å². The first-order valence-corrected chi connectivity index (χ1v) is 7.37. The fourth-order valence-corrected chi connectivity index (χ4v) is 2.72. The maximum absolute atomic E-state index is 11.2. The SMILES string of the molecule is NC(=O)c1nc(Cc2noc(C3CCCCC3)n2)cnc1N. The zero-order valence-electron chi connectivity index (χ0n) is 12.2. The predicted octanol–water partition coefficient (Wildman–Crippen LogP) is 1.18. The van der Waals surface area contributed by atoms with Gasteiger partial charge in [0.15, 0.2) is 17.3 Å². The highest BCUT2D eigenvalue weighted by Crippen LogP contribution is 2.31. The van der Waals surface area contributed by atoms with Gasteiger partial charge in [-0.15, -0.1) is 0 Å². The zero-order chi connectivity index (χ0) is 15.5. The first-order valence-electron chi connectivity index (χ1n) is 7.37. The van der Waals surface area contributed by atoms with Crippen molar-refractivity contribution >= 4 is 11.7 Å². The molecule has 0 radical (unpaired) electrons. The summed E-state index contributed by atoms with van der Waals surface area (Å²) in [6, 6.07) is 0. The number of rotatable bonds is 4. The van der Waals surface area contributed by atoms with Crippen LogP contribution < -0.4 is 11.5 Å². The van der Waals surface area contributed by atoms with Gasteiger partial charge in [0.2, 0.25) is 5.89 Å². The Balaban J connectivity index is 1.75. The van der Waals surface area contributed by atoms with Crippen molar-refractivity contribution < 1.29 is 9.32 Å². The smallest absolute Gasteiger partial charge is 0.271 e. The molecule has 0 saturated heterocycles. The minimum absolute atomic E-state index is 0.0206. The lowest BCUT2D eigenvalue weighted by Gasteiger charge is -2.17. The Morgan fingerprint density at radius 2 is 2.05 bits per heavy atom. The van der Waals surface area contributed by atoms with Gasteiger partial charge in [-0.1, -0.05) is 24.4 Å². The van der Waals surface area contributed by atoms with Crippen LogP contribution in [0.25, 0.3) is 0 Å². The number of carbonyl (C=O) groups excluding carboxylic acids is 1. The van der Waals surface area contributed by atoms with E-state index in [2.05, 4.69) is 20.1 Å². The molecule has 2 aromatic rings. The number of amides is 1. The van der Waals surface area contributed by atoms with Crippen molar-refractivity contribution in [2.24, 2.45) is 5.73 Å². The molecule has 8 nitrogen and oxygen atoms in total. The van der Waals surface area contributed by atoms with E-state index in [1.807, 2.05) is 0 Å². The van der Waals surface area contributed by atoms with Crippen LogP contribution in [0.2, 0.25) is 0 Å². The third-order valence-electron chi connectivity index (χ3n) is 3.86. The normalized spacial score (nSPS) is 15.8. The number of anilines is 1. The van der Waals surface area contributed by atoms with E-state index in [1.165, 1.54) is 25.5 Å². The van der Waals surface area contributed by atoms with E-state index in [0.29, 0.717) is 29.7 Å². The van der Waals surface area contributed by atoms with Crippen molar-refractivity contribution in [1.82, 2.24) is 20.1 Å². The van der Waals surface area contributed by atoms with Crippen LogP contribution in [-0.2, 0) is 6.42 Å². The Labute approximate surface area is 127 Å². The predicted molar refractivity (Wildman–Crippen MR) is 77.9 cm³/mol. The monoisotopic (exact) mass is 302 g/mol. The highest BCUT2D eigenvalue weighted by atomic mass is 16.5. The summed E-state index contributed by atoms with van der Waals surface area (Å²) in [5, 5.41) is 3.98.